The molecule has 102 valence electrons. The van der Waals surface area contributed by atoms with Crippen LogP contribution in [0.2, 0.25) is 0 Å². The van der Waals surface area contributed by atoms with Gasteiger partial charge in [-0.05, 0) is 41.3 Å². The molecule has 0 spiro atoms. The van der Waals surface area contributed by atoms with Gasteiger partial charge in [0.05, 0.1) is 11.9 Å². The zero-order valence-corrected chi connectivity index (χ0v) is 13.5. The second kappa shape index (κ2) is 4.74. The van der Waals surface area contributed by atoms with E-state index in [2.05, 4.69) is 70.5 Å². The standard InChI is InChI=1S/C17H17BrN2/c1-17(2,3)13-8-12(9-14(18)10-13)15-11-19-16-6-4-5-7-20(15)16/h4-11H,1-3H3. The number of hydrogen-bond donors (Lipinski definition) is 0. The Labute approximate surface area is 127 Å². The third kappa shape index (κ3) is 2.38. The van der Waals surface area contributed by atoms with E-state index in [1.807, 2.05) is 24.4 Å². The largest absolute Gasteiger partial charge is 0.300 e. The molecular weight excluding hydrogens is 312 g/mol. The van der Waals surface area contributed by atoms with Gasteiger partial charge in [-0.1, -0.05) is 42.8 Å². The molecule has 3 heteroatoms. The van der Waals surface area contributed by atoms with Crippen molar-refractivity contribution < 1.29 is 0 Å². The van der Waals surface area contributed by atoms with Crippen LogP contribution in [-0.4, -0.2) is 9.38 Å². The lowest BCUT2D eigenvalue weighted by Crippen LogP contribution is -2.11. The number of fused-ring (bicyclic) bond motifs is 1. The summed E-state index contributed by atoms with van der Waals surface area (Å²) in [5.74, 6) is 0. The molecule has 0 saturated carbocycles. The summed E-state index contributed by atoms with van der Waals surface area (Å²) in [6.45, 7) is 6.69. The van der Waals surface area contributed by atoms with Crippen molar-refractivity contribution >= 4 is 21.6 Å². The summed E-state index contributed by atoms with van der Waals surface area (Å²) in [6, 6.07) is 12.6. The van der Waals surface area contributed by atoms with E-state index >= 15 is 0 Å². The molecule has 0 unspecified atom stereocenters. The van der Waals surface area contributed by atoms with Gasteiger partial charge in [0, 0.05) is 16.2 Å². The lowest BCUT2D eigenvalue weighted by atomic mass is 9.86. The third-order valence-electron chi connectivity index (χ3n) is 3.48. The summed E-state index contributed by atoms with van der Waals surface area (Å²) >= 11 is 3.63. The number of rotatable bonds is 1. The SMILES string of the molecule is CC(C)(C)c1cc(Br)cc(-c2cnc3ccccn23)c1. The fraction of sp³-hybridized carbons (Fsp3) is 0.235. The maximum atomic E-state index is 4.46. The van der Waals surface area contributed by atoms with Crippen molar-refractivity contribution in [3.05, 3.63) is 58.8 Å². The summed E-state index contributed by atoms with van der Waals surface area (Å²) in [5.41, 5.74) is 4.71. The minimum atomic E-state index is 0.124. The van der Waals surface area contributed by atoms with E-state index in [-0.39, 0.29) is 5.41 Å². The molecule has 0 aliphatic carbocycles. The van der Waals surface area contributed by atoms with Crippen molar-refractivity contribution in [2.75, 3.05) is 0 Å². The van der Waals surface area contributed by atoms with Crippen LogP contribution >= 0.6 is 15.9 Å². The number of aromatic nitrogens is 2. The summed E-state index contributed by atoms with van der Waals surface area (Å²) in [4.78, 5) is 4.46. The van der Waals surface area contributed by atoms with Crippen molar-refractivity contribution in [2.24, 2.45) is 0 Å². The lowest BCUT2D eigenvalue weighted by Gasteiger charge is -2.20. The van der Waals surface area contributed by atoms with Gasteiger partial charge >= 0.3 is 0 Å². The first kappa shape index (κ1) is 13.4. The Hall–Kier alpha value is -1.61. The smallest absolute Gasteiger partial charge is 0.137 e. The Morgan fingerprint density at radius 2 is 1.90 bits per heavy atom. The van der Waals surface area contributed by atoms with Crippen LogP contribution in [0.15, 0.2) is 53.3 Å². The molecule has 0 aliphatic rings. The molecule has 0 radical (unpaired) electrons. The zero-order chi connectivity index (χ0) is 14.3. The van der Waals surface area contributed by atoms with Crippen LogP contribution in [0.5, 0.6) is 0 Å². The number of benzene rings is 1. The highest BCUT2D eigenvalue weighted by atomic mass is 79.9. The summed E-state index contributed by atoms with van der Waals surface area (Å²) < 4.78 is 3.22. The van der Waals surface area contributed by atoms with Gasteiger partial charge in [-0.25, -0.2) is 4.98 Å². The third-order valence-corrected chi connectivity index (χ3v) is 3.93. The minimum absolute atomic E-state index is 0.124. The normalized spacial score (nSPS) is 12.0. The van der Waals surface area contributed by atoms with E-state index in [4.69, 9.17) is 0 Å². The van der Waals surface area contributed by atoms with E-state index < -0.39 is 0 Å². The van der Waals surface area contributed by atoms with Gasteiger partial charge in [0.2, 0.25) is 0 Å². The number of imidazole rings is 1. The second-order valence-electron chi connectivity index (χ2n) is 6.05. The molecule has 1 aromatic carbocycles. The molecule has 3 aromatic rings. The second-order valence-corrected chi connectivity index (χ2v) is 6.97. The molecule has 0 amide bonds. The molecule has 20 heavy (non-hydrogen) atoms. The Balaban J connectivity index is 2.22. The average Bonchev–Trinajstić information content (AvgIpc) is 2.80. The van der Waals surface area contributed by atoms with E-state index in [1.54, 1.807) is 0 Å². The van der Waals surface area contributed by atoms with Crippen LogP contribution < -0.4 is 0 Å². The molecule has 0 bridgehead atoms. The highest BCUT2D eigenvalue weighted by Gasteiger charge is 2.16. The number of halogens is 1. The predicted octanol–water partition coefficient (Wildman–Crippen LogP) is 5.06. The monoisotopic (exact) mass is 328 g/mol. The number of hydrogen-bond acceptors (Lipinski definition) is 1. The Morgan fingerprint density at radius 3 is 2.65 bits per heavy atom. The molecule has 2 heterocycles. The van der Waals surface area contributed by atoms with Gasteiger partial charge in [0.15, 0.2) is 0 Å². The molecule has 0 aliphatic heterocycles. The van der Waals surface area contributed by atoms with Crippen LogP contribution in [0.25, 0.3) is 16.9 Å². The van der Waals surface area contributed by atoms with Gasteiger partial charge in [0.1, 0.15) is 5.65 Å². The highest BCUT2D eigenvalue weighted by Crippen LogP contribution is 2.31. The quantitative estimate of drug-likeness (QED) is 0.610. The number of nitrogens with zero attached hydrogens (tertiary/aromatic N) is 2. The molecule has 0 atom stereocenters. The maximum absolute atomic E-state index is 4.46. The van der Waals surface area contributed by atoms with Crippen LogP contribution in [-0.2, 0) is 5.41 Å². The Kier molecular flexibility index (Phi) is 3.17. The average molecular weight is 329 g/mol. The topological polar surface area (TPSA) is 17.3 Å². The first-order valence-corrected chi connectivity index (χ1v) is 7.48. The Morgan fingerprint density at radius 1 is 1.10 bits per heavy atom. The van der Waals surface area contributed by atoms with Crippen molar-refractivity contribution in [3.63, 3.8) is 0 Å². The van der Waals surface area contributed by atoms with Gasteiger partial charge < -0.3 is 0 Å². The molecular formula is C17H17BrN2. The minimum Gasteiger partial charge on any atom is -0.300 e. The fourth-order valence-corrected chi connectivity index (χ4v) is 2.81. The maximum Gasteiger partial charge on any atom is 0.137 e. The van der Waals surface area contributed by atoms with Crippen molar-refractivity contribution in [1.29, 1.82) is 0 Å². The van der Waals surface area contributed by atoms with Crippen molar-refractivity contribution in [2.45, 2.75) is 26.2 Å². The highest BCUT2D eigenvalue weighted by molar-refractivity contribution is 9.10. The predicted molar refractivity (Wildman–Crippen MR) is 87.0 cm³/mol. The van der Waals surface area contributed by atoms with Crippen molar-refractivity contribution in [1.82, 2.24) is 9.38 Å². The van der Waals surface area contributed by atoms with Gasteiger partial charge in [-0.15, -0.1) is 0 Å². The molecule has 0 saturated heterocycles. The molecule has 2 nitrogen and oxygen atoms in total. The van der Waals surface area contributed by atoms with Gasteiger partial charge in [-0.2, -0.15) is 0 Å². The molecule has 2 aromatic heterocycles. The number of pyridine rings is 1. The Bertz CT molecular complexity index is 766. The van der Waals surface area contributed by atoms with E-state index in [0.717, 1.165) is 15.8 Å². The molecule has 0 N–H and O–H groups in total. The fourth-order valence-electron chi connectivity index (χ4n) is 2.32. The lowest BCUT2D eigenvalue weighted by molar-refractivity contribution is 0.590. The zero-order valence-electron chi connectivity index (χ0n) is 11.9. The van der Waals surface area contributed by atoms with E-state index in [0.29, 0.717) is 0 Å². The van der Waals surface area contributed by atoms with Crippen molar-refractivity contribution in [3.8, 4) is 11.3 Å². The summed E-state index contributed by atoms with van der Waals surface area (Å²) in [6.07, 6.45) is 3.99. The van der Waals surface area contributed by atoms with E-state index in [9.17, 15) is 0 Å². The molecule has 3 rings (SSSR count). The molecule has 0 fully saturated rings. The van der Waals surface area contributed by atoms with Crippen LogP contribution in [0, 0.1) is 0 Å². The summed E-state index contributed by atoms with van der Waals surface area (Å²) in [5, 5.41) is 0. The van der Waals surface area contributed by atoms with E-state index in [1.165, 1.54) is 11.1 Å². The van der Waals surface area contributed by atoms with Gasteiger partial charge in [-0.3, -0.25) is 4.40 Å². The van der Waals surface area contributed by atoms with Gasteiger partial charge in [0.25, 0.3) is 0 Å². The first-order chi connectivity index (χ1) is 9.45. The van der Waals surface area contributed by atoms with Crippen LogP contribution in [0.1, 0.15) is 26.3 Å². The van der Waals surface area contributed by atoms with Crippen LogP contribution in [0.3, 0.4) is 0 Å². The summed E-state index contributed by atoms with van der Waals surface area (Å²) in [7, 11) is 0. The first-order valence-electron chi connectivity index (χ1n) is 6.69. The van der Waals surface area contributed by atoms with Crippen LogP contribution in [0.4, 0.5) is 0 Å².